The summed E-state index contributed by atoms with van der Waals surface area (Å²) in [7, 11) is 4.80. The molecule has 0 radical (unpaired) electrons. The molecule has 356 valence electrons. The lowest BCUT2D eigenvalue weighted by Gasteiger charge is -2.32. The molecule has 0 fully saturated rings. The molecule has 0 aliphatic carbocycles. The third-order valence-electron chi connectivity index (χ3n) is 12.6. The van der Waals surface area contributed by atoms with Crippen molar-refractivity contribution in [1.29, 1.82) is 0 Å². The van der Waals surface area contributed by atoms with Gasteiger partial charge in [-0.3, -0.25) is 19.5 Å². The predicted octanol–water partition coefficient (Wildman–Crippen LogP) is 8.34. The van der Waals surface area contributed by atoms with Crippen LogP contribution >= 0.6 is 12.6 Å². The van der Waals surface area contributed by atoms with E-state index >= 15 is 0 Å². The summed E-state index contributed by atoms with van der Waals surface area (Å²) in [5, 5.41) is 3.53. The molecule has 4 aliphatic rings. The Balaban J connectivity index is 0.986. The Bertz CT molecular complexity index is 2690. The number of thiol groups is 1. The molecular weight excluding hydrogens is 883 g/mol. The molecule has 14 nitrogen and oxygen atoms in total. The molecule has 0 aromatic heterocycles. The van der Waals surface area contributed by atoms with E-state index < -0.39 is 0 Å². The number of ether oxygens (including phenoxy) is 7. The SMILES string of the molecule is COCCOCCOCCN(CC(C)(C)S)c1cc(COc2cc3c(cc2OC)C(=O)N2c4ccccc4CC2C=N3)cc(COc2cc3c(cc2OC)C(=O)N2c4ccccc4C[C@H]2CN3)c1. The van der Waals surface area contributed by atoms with Crippen LogP contribution in [-0.4, -0.2) is 109 Å². The molecule has 4 aliphatic heterocycles. The molecule has 1 unspecified atom stereocenters. The second kappa shape index (κ2) is 20.5. The quantitative estimate of drug-likeness (QED) is 0.0577. The summed E-state index contributed by atoms with van der Waals surface area (Å²) in [6.07, 6.45) is 3.33. The van der Waals surface area contributed by atoms with Gasteiger partial charge in [0.15, 0.2) is 23.0 Å². The molecule has 5 aromatic carbocycles. The highest BCUT2D eigenvalue weighted by Gasteiger charge is 2.39. The average molecular weight is 942 g/mol. The minimum absolute atomic E-state index is 0.00675. The first-order valence-corrected chi connectivity index (χ1v) is 23.5. The lowest BCUT2D eigenvalue weighted by molar-refractivity contribution is 0.0264. The van der Waals surface area contributed by atoms with E-state index in [4.69, 9.17) is 50.8 Å². The standard InChI is InChI=1S/C53H59N5O9S/c1-53(2,68)33-56(14-15-64-18-19-65-17-16-61-3)38-21-34(31-66-49-27-43-41(25-47(49)62-4)51(59)57-39(29-54-43)23-36-10-6-8-12-45(36)57)20-35(22-38)32-67-50-28-44-42(26-48(50)63-5)52(60)58-40(30-55-44)24-37-11-7-9-13-46(37)58/h6-13,20-22,25-29,39-40,55,68H,14-19,23-24,30-33H2,1-5H3/t39?,40-/m0/s1. The van der Waals surface area contributed by atoms with Crippen LogP contribution in [0.15, 0.2) is 96.0 Å². The van der Waals surface area contributed by atoms with E-state index in [0.717, 1.165) is 45.7 Å². The number of anilines is 4. The molecule has 68 heavy (non-hydrogen) atoms. The predicted molar refractivity (Wildman–Crippen MR) is 268 cm³/mol. The van der Waals surface area contributed by atoms with E-state index in [1.807, 2.05) is 58.5 Å². The van der Waals surface area contributed by atoms with Crippen LogP contribution in [0.3, 0.4) is 0 Å². The molecule has 0 saturated heterocycles. The molecule has 15 heteroatoms. The number of carbonyl (C=O) groups is 2. The number of para-hydroxylation sites is 2. The number of rotatable bonds is 20. The van der Waals surface area contributed by atoms with Gasteiger partial charge in [-0.05, 0) is 85.0 Å². The number of nitrogens with zero attached hydrogens (tertiary/aromatic N) is 4. The normalized spacial score (nSPS) is 16.7. The third kappa shape index (κ3) is 10.1. The van der Waals surface area contributed by atoms with Crippen molar-refractivity contribution in [1.82, 2.24) is 0 Å². The molecule has 9 rings (SSSR count). The number of aliphatic imine (C=N–C) groups is 1. The molecule has 0 saturated carbocycles. The summed E-state index contributed by atoms with van der Waals surface area (Å²) in [6, 6.07) is 29.3. The fourth-order valence-electron chi connectivity index (χ4n) is 9.42. The highest BCUT2D eigenvalue weighted by atomic mass is 32.1. The minimum atomic E-state index is -0.354. The van der Waals surface area contributed by atoms with Gasteiger partial charge in [0, 0.05) is 73.3 Å². The number of methoxy groups -OCH3 is 3. The van der Waals surface area contributed by atoms with Gasteiger partial charge in [-0.25, -0.2) is 0 Å². The Labute approximate surface area is 403 Å². The maximum Gasteiger partial charge on any atom is 0.261 e. The first kappa shape index (κ1) is 46.8. The molecule has 0 bridgehead atoms. The summed E-state index contributed by atoms with van der Waals surface area (Å²) in [6.45, 7) is 8.72. The second-order valence-electron chi connectivity index (χ2n) is 18.0. The van der Waals surface area contributed by atoms with Crippen molar-refractivity contribution in [3.8, 4) is 23.0 Å². The molecule has 0 spiro atoms. The van der Waals surface area contributed by atoms with Crippen molar-refractivity contribution in [3.05, 3.63) is 124 Å². The van der Waals surface area contributed by atoms with Gasteiger partial charge in [0.1, 0.15) is 13.2 Å². The molecule has 4 heterocycles. The summed E-state index contributed by atoms with van der Waals surface area (Å²) < 4.78 is 41.3. The smallest absolute Gasteiger partial charge is 0.261 e. The van der Waals surface area contributed by atoms with Gasteiger partial charge in [0.25, 0.3) is 11.8 Å². The lowest BCUT2D eigenvalue weighted by atomic mass is 10.1. The Morgan fingerprint density at radius 3 is 1.99 bits per heavy atom. The van der Waals surface area contributed by atoms with Crippen LogP contribution < -0.4 is 39.0 Å². The second-order valence-corrected chi connectivity index (χ2v) is 19.2. The highest BCUT2D eigenvalue weighted by molar-refractivity contribution is 7.81. The van der Waals surface area contributed by atoms with Crippen molar-refractivity contribution >= 4 is 59.1 Å². The van der Waals surface area contributed by atoms with Gasteiger partial charge in [0.2, 0.25) is 0 Å². The molecule has 2 atom stereocenters. The number of nitrogens with one attached hydrogen (secondary N) is 1. The van der Waals surface area contributed by atoms with E-state index in [1.165, 1.54) is 0 Å². The summed E-state index contributed by atoms with van der Waals surface area (Å²) in [4.78, 5) is 39.0. The molecule has 1 N–H and O–H groups in total. The maximum absolute atomic E-state index is 14.1. The van der Waals surface area contributed by atoms with Crippen molar-refractivity contribution in [2.75, 3.05) is 94.0 Å². The fraction of sp³-hybridized carbons (Fsp3) is 0.377. The highest BCUT2D eigenvalue weighted by Crippen LogP contribution is 2.43. The van der Waals surface area contributed by atoms with Crippen molar-refractivity contribution in [2.45, 2.75) is 56.7 Å². The van der Waals surface area contributed by atoms with Crippen molar-refractivity contribution < 1.29 is 42.7 Å². The number of carbonyl (C=O) groups excluding carboxylic acids is 2. The maximum atomic E-state index is 14.1. The first-order valence-electron chi connectivity index (χ1n) is 23.1. The Kier molecular flexibility index (Phi) is 14.1. The first-order chi connectivity index (χ1) is 33.0. The number of benzene rings is 5. The van der Waals surface area contributed by atoms with Crippen molar-refractivity contribution in [2.24, 2.45) is 4.99 Å². The Morgan fingerprint density at radius 2 is 1.31 bits per heavy atom. The number of hydrogen-bond donors (Lipinski definition) is 2. The van der Waals surface area contributed by atoms with Crippen LogP contribution in [0.1, 0.15) is 56.8 Å². The van der Waals surface area contributed by atoms with Crippen LogP contribution in [0.5, 0.6) is 23.0 Å². The monoisotopic (exact) mass is 941 g/mol. The van der Waals surface area contributed by atoms with Gasteiger partial charge in [-0.1, -0.05) is 36.4 Å². The van der Waals surface area contributed by atoms with Crippen LogP contribution in [0, 0.1) is 0 Å². The van der Waals surface area contributed by atoms with Crippen LogP contribution in [0.2, 0.25) is 0 Å². The zero-order valence-electron chi connectivity index (χ0n) is 39.3. The fourth-order valence-corrected chi connectivity index (χ4v) is 9.59. The van der Waals surface area contributed by atoms with Crippen LogP contribution in [0.25, 0.3) is 0 Å². The third-order valence-corrected chi connectivity index (χ3v) is 12.7. The Morgan fingerprint density at radius 1 is 0.706 bits per heavy atom. The van der Waals surface area contributed by atoms with Gasteiger partial charge in [0.05, 0.1) is 81.8 Å². The van der Waals surface area contributed by atoms with Crippen LogP contribution in [0.4, 0.5) is 28.4 Å². The van der Waals surface area contributed by atoms with Gasteiger partial charge < -0.3 is 48.3 Å². The van der Waals surface area contributed by atoms with Crippen molar-refractivity contribution in [3.63, 3.8) is 0 Å². The molecule has 2 amide bonds. The van der Waals surface area contributed by atoms with Gasteiger partial charge in [-0.15, -0.1) is 0 Å². The largest absolute Gasteiger partial charge is 0.493 e. The number of fused-ring (bicyclic) bond motifs is 8. The number of hydrogen-bond acceptors (Lipinski definition) is 13. The van der Waals surface area contributed by atoms with Gasteiger partial charge in [-0.2, -0.15) is 12.6 Å². The van der Waals surface area contributed by atoms with E-state index in [1.54, 1.807) is 39.5 Å². The molecule has 5 aromatic rings. The van der Waals surface area contributed by atoms with E-state index in [9.17, 15) is 9.59 Å². The lowest BCUT2D eigenvalue weighted by Crippen LogP contribution is -2.39. The van der Waals surface area contributed by atoms with E-state index in [-0.39, 0.29) is 41.9 Å². The minimum Gasteiger partial charge on any atom is -0.493 e. The zero-order valence-corrected chi connectivity index (χ0v) is 40.2. The topological polar surface area (TPSA) is 133 Å². The average Bonchev–Trinajstić information content (AvgIpc) is 3.83. The summed E-state index contributed by atoms with van der Waals surface area (Å²) in [5.41, 5.74) is 8.97. The summed E-state index contributed by atoms with van der Waals surface area (Å²) in [5.74, 6) is 1.62. The van der Waals surface area contributed by atoms with Crippen LogP contribution in [-0.2, 0) is 40.3 Å². The Hall–Kier alpha value is -6.26. The van der Waals surface area contributed by atoms with E-state index in [0.29, 0.717) is 105 Å². The van der Waals surface area contributed by atoms with E-state index in [2.05, 4.69) is 54.4 Å². The summed E-state index contributed by atoms with van der Waals surface area (Å²) >= 11 is 4.94. The van der Waals surface area contributed by atoms with Gasteiger partial charge >= 0.3 is 0 Å². The zero-order chi connectivity index (χ0) is 47.4. The molecular formula is C53H59N5O9S. The number of amides is 2.